The summed E-state index contributed by atoms with van der Waals surface area (Å²) in [7, 11) is 0. The van der Waals surface area contributed by atoms with Gasteiger partial charge in [-0.3, -0.25) is 9.69 Å². The molecule has 0 amide bonds. The van der Waals surface area contributed by atoms with Crippen LogP contribution in [0.1, 0.15) is 39.0 Å². The predicted octanol–water partition coefficient (Wildman–Crippen LogP) is 1.63. The molecule has 2 aliphatic rings. The fourth-order valence-corrected chi connectivity index (χ4v) is 2.75. The number of ether oxygens (including phenoxy) is 2. The van der Waals surface area contributed by atoms with Gasteiger partial charge >= 0.3 is 0 Å². The number of ketones is 1. The van der Waals surface area contributed by atoms with Crippen LogP contribution < -0.4 is 0 Å². The maximum absolute atomic E-state index is 12.1. The van der Waals surface area contributed by atoms with Crippen molar-refractivity contribution in [1.82, 2.24) is 4.90 Å². The monoisotopic (exact) mass is 255 g/mol. The molecule has 0 N–H and O–H groups in total. The van der Waals surface area contributed by atoms with Crippen LogP contribution in [-0.4, -0.2) is 55.7 Å². The summed E-state index contributed by atoms with van der Waals surface area (Å²) in [6, 6.07) is 0. The highest BCUT2D eigenvalue weighted by Gasteiger charge is 2.27. The summed E-state index contributed by atoms with van der Waals surface area (Å²) in [6.45, 7) is 6.53. The van der Waals surface area contributed by atoms with E-state index in [1.165, 1.54) is 0 Å². The van der Waals surface area contributed by atoms with E-state index in [9.17, 15) is 4.79 Å². The molecule has 2 heterocycles. The van der Waals surface area contributed by atoms with Gasteiger partial charge < -0.3 is 9.47 Å². The summed E-state index contributed by atoms with van der Waals surface area (Å²) < 4.78 is 11.1. The van der Waals surface area contributed by atoms with Gasteiger partial charge in [-0.05, 0) is 32.2 Å². The van der Waals surface area contributed by atoms with Crippen LogP contribution >= 0.6 is 0 Å². The molecule has 2 saturated heterocycles. The molecule has 2 atom stereocenters. The van der Waals surface area contributed by atoms with Gasteiger partial charge in [0.1, 0.15) is 6.10 Å². The zero-order valence-electron chi connectivity index (χ0n) is 11.4. The van der Waals surface area contributed by atoms with Crippen LogP contribution in [0.2, 0.25) is 0 Å². The van der Waals surface area contributed by atoms with Crippen molar-refractivity contribution >= 4 is 5.78 Å². The molecule has 0 saturated carbocycles. The van der Waals surface area contributed by atoms with Crippen LogP contribution in [0.4, 0.5) is 0 Å². The molecule has 2 fully saturated rings. The van der Waals surface area contributed by atoms with Crippen LogP contribution in [0.25, 0.3) is 0 Å². The molecule has 0 aromatic carbocycles. The smallest absolute Gasteiger partial charge is 0.162 e. The van der Waals surface area contributed by atoms with Crippen LogP contribution in [0.15, 0.2) is 0 Å². The number of Topliss-reactive ketones (excluding diaryl/α,β-unsaturated/α-hetero) is 1. The Kier molecular flexibility index (Phi) is 5.60. The average Bonchev–Trinajstić information content (AvgIpc) is 2.90. The van der Waals surface area contributed by atoms with Gasteiger partial charge in [0.2, 0.25) is 0 Å². The van der Waals surface area contributed by atoms with E-state index in [1.54, 1.807) is 0 Å². The predicted molar refractivity (Wildman–Crippen MR) is 69.7 cm³/mol. The molecule has 0 bridgehead atoms. The standard InChI is InChI=1S/C14H25NO3/c1-2-7-15-8-10-18-14(11-15)13(16)6-5-12-4-3-9-17-12/h12,14H,2-11H2,1H3. The SMILES string of the molecule is CCCN1CCOC(C(=O)CCC2CCCO2)C1. The van der Waals surface area contributed by atoms with Crippen molar-refractivity contribution in [2.45, 2.75) is 51.2 Å². The molecular formula is C14H25NO3. The lowest BCUT2D eigenvalue weighted by Gasteiger charge is -2.32. The van der Waals surface area contributed by atoms with Gasteiger partial charge in [-0.1, -0.05) is 6.92 Å². The zero-order chi connectivity index (χ0) is 12.8. The summed E-state index contributed by atoms with van der Waals surface area (Å²) >= 11 is 0. The molecule has 0 aromatic rings. The van der Waals surface area contributed by atoms with Crippen molar-refractivity contribution in [3.63, 3.8) is 0 Å². The van der Waals surface area contributed by atoms with Crippen molar-refractivity contribution in [2.75, 3.05) is 32.8 Å². The number of carbonyl (C=O) groups is 1. The maximum Gasteiger partial charge on any atom is 0.162 e. The molecule has 0 spiro atoms. The summed E-state index contributed by atoms with van der Waals surface area (Å²) in [6.07, 6.45) is 4.97. The summed E-state index contributed by atoms with van der Waals surface area (Å²) in [4.78, 5) is 14.4. The number of carbonyl (C=O) groups excluding carboxylic acids is 1. The molecular weight excluding hydrogens is 230 g/mol. The quantitative estimate of drug-likeness (QED) is 0.723. The largest absolute Gasteiger partial charge is 0.378 e. The van der Waals surface area contributed by atoms with Crippen LogP contribution in [0, 0.1) is 0 Å². The number of nitrogens with zero attached hydrogens (tertiary/aromatic N) is 1. The van der Waals surface area contributed by atoms with Gasteiger partial charge in [0.15, 0.2) is 5.78 Å². The summed E-state index contributed by atoms with van der Waals surface area (Å²) in [5, 5.41) is 0. The zero-order valence-corrected chi connectivity index (χ0v) is 11.4. The van der Waals surface area contributed by atoms with Gasteiger partial charge in [-0.2, -0.15) is 0 Å². The number of hydrogen-bond donors (Lipinski definition) is 0. The van der Waals surface area contributed by atoms with E-state index in [4.69, 9.17) is 9.47 Å². The van der Waals surface area contributed by atoms with Crippen molar-refractivity contribution in [3.05, 3.63) is 0 Å². The van der Waals surface area contributed by atoms with E-state index in [0.717, 1.165) is 51.9 Å². The Labute approximate surface area is 110 Å². The third-order valence-electron chi connectivity index (χ3n) is 3.79. The first-order chi connectivity index (χ1) is 8.79. The molecule has 0 aliphatic carbocycles. The lowest BCUT2D eigenvalue weighted by Crippen LogP contribution is -2.46. The van der Waals surface area contributed by atoms with Gasteiger partial charge in [0.05, 0.1) is 12.7 Å². The van der Waals surface area contributed by atoms with E-state index in [-0.39, 0.29) is 11.9 Å². The molecule has 2 rings (SSSR count). The Balaban J connectivity index is 1.70. The fraction of sp³-hybridized carbons (Fsp3) is 0.929. The molecule has 0 aromatic heterocycles. The second kappa shape index (κ2) is 7.22. The van der Waals surface area contributed by atoms with Crippen LogP contribution in [0.5, 0.6) is 0 Å². The molecule has 0 radical (unpaired) electrons. The van der Waals surface area contributed by atoms with Crippen molar-refractivity contribution in [1.29, 1.82) is 0 Å². The summed E-state index contributed by atoms with van der Waals surface area (Å²) in [5.41, 5.74) is 0. The van der Waals surface area contributed by atoms with Gasteiger partial charge in [-0.25, -0.2) is 0 Å². The highest BCUT2D eigenvalue weighted by Crippen LogP contribution is 2.18. The Hall–Kier alpha value is -0.450. The van der Waals surface area contributed by atoms with E-state index < -0.39 is 0 Å². The lowest BCUT2D eigenvalue weighted by atomic mass is 10.0. The molecule has 104 valence electrons. The maximum atomic E-state index is 12.1. The van der Waals surface area contributed by atoms with Gasteiger partial charge in [0.25, 0.3) is 0 Å². The molecule has 2 aliphatic heterocycles. The Bertz CT molecular complexity index is 262. The second-order valence-corrected chi connectivity index (χ2v) is 5.30. The highest BCUT2D eigenvalue weighted by atomic mass is 16.5. The molecule has 4 heteroatoms. The highest BCUT2D eigenvalue weighted by molar-refractivity contribution is 5.83. The van der Waals surface area contributed by atoms with E-state index in [2.05, 4.69) is 11.8 Å². The Morgan fingerprint density at radius 1 is 1.33 bits per heavy atom. The lowest BCUT2D eigenvalue weighted by molar-refractivity contribution is -0.136. The molecule has 18 heavy (non-hydrogen) atoms. The minimum atomic E-state index is -0.202. The van der Waals surface area contributed by atoms with Crippen molar-refractivity contribution < 1.29 is 14.3 Å². The first-order valence-electron chi connectivity index (χ1n) is 7.28. The topological polar surface area (TPSA) is 38.8 Å². The van der Waals surface area contributed by atoms with Crippen molar-refractivity contribution in [3.8, 4) is 0 Å². The normalized spacial score (nSPS) is 29.6. The summed E-state index contributed by atoms with van der Waals surface area (Å²) in [5.74, 6) is 0.256. The average molecular weight is 255 g/mol. The van der Waals surface area contributed by atoms with E-state index >= 15 is 0 Å². The Morgan fingerprint density at radius 3 is 2.94 bits per heavy atom. The number of morpholine rings is 1. The van der Waals surface area contributed by atoms with E-state index in [0.29, 0.717) is 19.1 Å². The minimum absolute atomic E-state index is 0.202. The van der Waals surface area contributed by atoms with E-state index in [1.807, 2.05) is 0 Å². The van der Waals surface area contributed by atoms with Crippen LogP contribution in [-0.2, 0) is 14.3 Å². The third kappa shape index (κ3) is 4.04. The first-order valence-corrected chi connectivity index (χ1v) is 7.28. The number of rotatable bonds is 6. The second-order valence-electron chi connectivity index (χ2n) is 5.30. The minimum Gasteiger partial charge on any atom is -0.378 e. The molecule has 4 nitrogen and oxygen atoms in total. The molecule has 2 unspecified atom stereocenters. The van der Waals surface area contributed by atoms with Gasteiger partial charge in [0, 0.05) is 26.1 Å². The van der Waals surface area contributed by atoms with Gasteiger partial charge in [-0.15, -0.1) is 0 Å². The fourth-order valence-electron chi connectivity index (χ4n) is 2.75. The Morgan fingerprint density at radius 2 is 2.22 bits per heavy atom. The van der Waals surface area contributed by atoms with Crippen molar-refractivity contribution in [2.24, 2.45) is 0 Å². The third-order valence-corrected chi connectivity index (χ3v) is 3.79. The first kappa shape index (κ1) is 14.0. The number of hydrogen-bond acceptors (Lipinski definition) is 4. The van der Waals surface area contributed by atoms with Crippen LogP contribution in [0.3, 0.4) is 0 Å².